The van der Waals surface area contributed by atoms with Crippen LogP contribution in [-0.4, -0.2) is 48.3 Å². The molecule has 202 valence electrons. The molecule has 11 heteroatoms. The van der Waals surface area contributed by atoms with Gasteiger partial charge in [-0.3, -0.25) is 18.8 Å². The molecule has 2 atom stereocenters. The van der Waals surface area contributed by atoms with E-state index >= 15 is 0 Å². The summed E-state index contributed by atoms with van der Waals surface area (Å²) in [6.07, 6.45) is 2.45. The predicted octanol–water partition coefficient (Wildman–Crippen LogP) is 4.40. The molecule has 8 nitrogen and oxygen atoms in total. The lowest BCUT2D eigenvalue weighted by atomic mass is 9.98. The van der Waals surface area contributed by atoms with Crippen LogP contribution in [0.4, 0.5) is 13.2 Å². The number of nitrogens with zero attached hydrogens (tertiary/aromatic N) is 5. The Labute approximate surface area is 222 Å². The molecular formula is C28H26F3N5O3. The van der Waals surface area contributed by atoms with Gasteiger partial charge in [-0.15, -0.1) is 0 Å². The smallest absolute Gasteiger partial charge is 0.290 e. The lowest BCUT2D eigenvalue weighted by Gasteiger charge is -2.25. The number of carbonyl (C=O) groups excluding carboxylic acids is 1. The second-order valence-corrected chi connectivity index (χ2v) is 9.60. The number of carbonyl (C=O) groups is 1. The number of aromatic nitrogens is 4. The summed E-state index contributed by atoms with van der Waals surface area (Å²) < 4.78 is 44.4. The van der Waals surface area contributed by atoms with Gasteiger partial charge in [-0.1, -0.05) is 19.1 Å². The Morgan fingerprint density at radius 3 is 2.38 bits per heavy atom. The highest BCUT2D eigenvalue weighted by Gasteiger charge is 2.34. The predicted molar refractivity (Wildman–Crippen MR) is 137 cm³/mol. The van der Waals surface area contributed by atoms with Gasteiger partial charge in [0.05, 0.1) is 6.04 Å². The highest BCUT2D eigenvalue weighted by Crippen LogP contribution is 2.35. The van der Waals surface area contributed by atoms with Gasteiger partial charge in [0.1, 0.15) is 23.1 Å². The van der Waals surface area contributed by atoms with Crippen LogP contribution in [0.1, 0.15) is 53.2 Å². The van der Waals surface area contributed by atoms with E-state index in [9.17, 15) is 27.9 Å². The summed E-state index contributed by atoms with van der Waals surface area (Å²) in [5.74, 6) is -3.47. The first-order valence-corrected chi connectivity index (χ1v) is 12.5. The largest absolute Gasteiger partial charge is 0.494 e. The van der Waals surface area contributed by atoms with E-state index in [0.717, 1.165) is 23.8 Å². The van der Waals surface area contributed by atoms with Crippen LogP contribution in [0, 0.1) is 17.5 Å². The number of aromatic hydroxyl groups is 1. The first-order valence-electron chi connectivity index (χ1n) is 12.5. The fraction of sp³-hybridized carbons (Fsp3) is 0.286. The third-order valence-electron chi connectivity index (χ3n) is 7.04. The van der Waals surface area contributed by atoms with Crippen LogP contribution < -0.4 is 5.56 Å². The van der Waals surface area contributed by atoms with Gasteiger partial charge in [-0.05, 0) is 54.3 Å². The summed E-state index contributed by atoms with van der Waals surface area (Å²) in [6.45, 7) is 2.31. The van der Waals surface area contributed by atoms with Crippen molar-refractivity contribution in [1.29, 1.82) is 0 Å². The Morgan fingerprint density at radius 2 is 1.77 bits per heavy atom. The van der Waals surface area contributed by atoms with Crippen molar-refractivity contribution in [2.75, 3.05) is 13.1 Å². The Hall–Kier alpha value is -4.41. The number of rotatable bonds is 6. The Kier molecular flexibility index (Phi) is 6.98. The Balaban J connectivity index is 1.60. The molecule has 0 spiro atoms. The third kappa shape index (κ3) is 5.04. The fourth-order valence-electron chi connectivity index (χ4n) is 5.16. The lowest BCUT2D eigenvalue weighted by Crippen LogP contribution is -2.35. The number of amides is 1. The molecule has 1 unspecified atom stereocenters. The van der Waals surface area contributed by atoms with Gasteiger partial charge >= 0.3 is 0 Å². The molecule has 2 aromatic carbocycles. The van der Waals surface area contributed by atoms with E-state index in [1.165, 1.54) is 26.3 Å². The Morgan fingerprint density at radius 1 is 1.08 bits per heavy atom. The third-order valence-corrected chi connectivity index (χ3v) is 7.04. The van der Waals surface area contributed by atoms with Crippen LogP contribution in [0.5, 0.6) is 5.88 Å². The molecule has 3 heterocycles. The van der Waals surface area contributed by atoms with Crippen LogP contribution in [0.3, 0.4) is 0 Å². The standard InChI is InChI=1S/C28H26F3N5O3/c1-3-23(18-12-20(30)14-21(31)13-18)36-25(22-9-10-34(2)33-22)32-26(37)24(28(36)39)27(38)35-11-8-17(15-35)16-4-6-19(29)7-5-16/h4-7,9-10,12-14,17,23,39H,3,8,11,15H2,1-2H3/t17?,23-/m0/s1. The molecule has 5 rings (SSSR count). The molecule has 2 aromatic heterocycles. The molecule has 1 fully saturated rings. The molecule has 0 bridgehead atoms. The summed E-state index contributed by atoms with van der Waals surface area (Å²) in [5.41, 5.74) is -0.207. The normalized spacial score (nSPS) is 16.0. The van der Waals surface area contributed by atoms with Crippen molar-refractivity contribution < 1.29 is 23.1 Å². The zero-order valence-electron chi connectivity index (χ0n) is 21.3. The summed E-state index contributed by atoms with van der Waals surface area (Å²) in [6, 6.07) is 9.72. The number of benzene rings is 2. The molecule has 1 aliphatic heterocycles. The van der Waals surface area contributed by atoms with Crippen molar-refractivity contribution >= 4 is 5.91 Å². The van der Waals surface area contributed by atoms with Crippen LogP contribution in [-0.2, 0) is 7.05 Å². The topological polar surface area (TPSA) is 93.2 Å². The van der Waals surface area contributed by atoms with E-state index < -0.39 is 40.6 Å². The molecule has 1 N–H and O–H groups in total. The van der Waals surface area contributed by atoms with Crippen molar-refractivity contribution in [3.63, 3.8) is 0 Å². The van der Waals surface area contributed by atoms with Crippen molar-refractivity contribution in [3.05, 3.63) is 99.2 Å². The van der Waals surface area contributed by atoms with E-state index in [1.54, 1.807) is 38.4 Å². The van der Waals surface area contributed by atoms with E-state index in [4.69, 9.17) is 0 Å². The van der Waals surface area contributed by atoms with Gasteiger partial charge in [0, 0.05) is 38.3 Å². The van der Waals surface area contributed by atoms with Crippen molar-refractivity contribution in [2.24, 2.45) is 7.05 Å². The molecule has 1 aliphatic rings. The zero-order valence-corrected chi connectivity index (χ0v) is 21.3. The van der Waals surface area contributed by atoms with E-state index in [2.05, 4.69) is 10.1 Å². The molecule has 0 radical (unpaired) electrons. The first-order chi connectivity index (χ1) is 18.7. The summed E-state index contributed by atoms with van der Waals surface area (Å²) in [4.78, 5) is 32.4. The first kappa shape index (κ1) is 26.2. The van der Waals surface area contributed by atoms with Crippen LogP contribution in [0.2, 0.25) is 0 Å². The number of aryl methyl sites for hydroxylation is 1. The van der Waals surface area contributed by atoms with Crippen molar-refractivity contribution in [1.82, 2.24) is 24.2 Å². The average Bonchev–Trinajstić information content (AvgIpc) is 3.55. The number of likely N-dealkylation sites (tertiary alicyclic amines) is 1. The molecule has 4 aromatic rings. The highest BCUT2D eigenvalue weighted by atomic mass is 19.1. The monoisotopic (exact) mass is 537 g/mol. The number of hydrogen-bond donors (Lipinski definition) is 1. The van der Waals surface area contributed by atoms with Crippen molar-refractivity contribution in [2.45, 2.75) is 31.7 Å². The molecule has 1 saturated heterocycles. The average molecular weight is 538 g/mol. The summed E-state index contributed by atoms with van der Waals surface area (Å²) in [5, 5.41) is 15.8. The van der Waals surface area contributed by atoms with E-state index in [0.29, 0.717) is 13.0 Å². The van der Waals surface area contributed by atoms with E-state index in [1.807, 2.05) is 0 Å². The molecule has 0 saturated carbocycles. The minimum Gasteiger partial charge on any atom is -0.494 e. The molecule has 39 heavy (non-hydrogen) atoms. The van der Waals surface area contributed by atoms with Gasteiger partial charge in [0.25, 0.3) is 11.5 Å². The van der Waals surface area contributed by atoms with Crippen molar-refractivity contribution in [3.8, 4) is 17.4 Å². The van der Waals surface area contributed by atoms with Gasteiger partial charge in [0.2, 0.25) is 5.88 Å². The maximum atomic E-state index is 14.2. The second kappa shape index (κ2) is 10.4. The van der Waals surface area contributed by atoms with Gasteiger partial charge < -0.3 is 10.0 Å². The summed E-state index contributed by atoms with van der Waals surface area (Å²) >= 11 is 0. The zero-order chi connectivity index (χ0) is 27.8. The van der Waals surface area contributed by atoms with Gasteiger partial charge in [0.15, 0.2) is 11.4 Å². The minimum absolute atomic E-state index is 0.0446. The maximum Gasteiger partial charge on any atom is 0.290 e. The van der Waals surface area contributed by atoms with Gasteiger partial charge in [-0.25, -0.2) is 13.2 Å². The number of halogens is 3. The number of hydrogen-bond acceptors (Lipinski definition) is 5. The van der Waals surface area contributed by atoms with Crippen LogP contribution in [0.15, 0.2) is 59.5 Å². The minimum atomic E-state index is -0.945. The fourth-order valence-corrected chi connectivity index (χ4v) is 5.16. The van der Waals surface area contributed by atoms with Gasteiger partial charge in [-0.2, -0.15) is 10.1 Å². The lowest BCUT2D eigenvalue weighted by molar-refractivity contribution is 0.0783. The highest BCUT2D eigenvalue weighted by molar-refractivity contribution is 5.96. The molecule has 0 aliphatic carbocycles. The molecule has 1 amide bonds. The Bertz CT molecular complexity index is 1580. The SMILES string of the molecule is CC[C@@H](c1cc(F)cc(F)c1)n1c(-c2ccn(C)n2)nc(=O)c(C(=O)N2CCC(c3ccc(F)cc3)C2)c1O. The molecular weight excluding hydrogens is 511 g/mol. The summed E-state index contributed by atoms with van der Waals surface area (Å²) in [7, 11) is 1.66. The maximum absolute atomic E-state index is 14.2. The second-order valence-electron chi connectivity index (χ2n) is 9.60. The van der Waals surface area contributed by atoms with Crippen LogP contribution in [0.25, 0.3) is 11.5 Å². The van der Waals surface area contributed by atoms with E-state index in [-0.39, 0.29) is 41.8 Å². The quantitative estimate of drug-likeness (QED) is 0.394. The van der Waals surface area contributed by atoms with Crippen LogP contribution >= 0.6 is 0 Å².